The van der Waals surface area contributed by atoms with Crippen molar-refractivity contribution in [3.63, 3.8) is 0 Å². The third-order valence-corrected chi connectivity index (χ3v) is 3.01. The summed E-state index contributed by atoms with van der Waals surface area (Å²) in [5.74, 6) is -1.22. The molecule has 0 aliphatic carbocycles. The van der Waals surface area contributed by atoms with Crippen LogP contribution in [0.1, 0.15) is 64.7 Å². The lowest BCUT2D eigenvalue weighted by Gasteiger charge is -2.26. The van der Waals surface area contributed by atoms with Crippen molar-refractivity contribution in [3.8, 4) is 0 Å². The van der Waals surface area contributed by atoms with Gasteiger partial charge in [-0.15, -0.1) is 0 Å². The topological polar surface area (TPSA) is 104 Å². The lowest BCUT2D eigenvalue weighted by atomic mass is 10.0. The normalized spacial score (nSPS) is 14.1. The third kappa shape index (κ3) is 9.09. The van der Waals surface area contributed by atoms with Crippen LogP contribution >= 0.6 is 0 Å². The molecule has 0 saturated carbocycles. The second-order valence-electron chi connectivity index (χ2n) is 4.87. The molecule has 0 aliphatic rings. The van der Waals surface area contributed by atoms with Gasteiger partial charge in [0.2, 0.25) is 0 Å². The van der Waals surface area contributed by atoms with Crippen molar-refractivity contribution >= 4 is 0 Å². The fourth-order valence-corrected chi connectivity index (χ4v) is 1.75. The van der Waals surface area contributed by atoms with E-state index < -0.39 is 5.79 Å². The van der Waals surface area contributed by atoms with Crippen LogP contribution in [-0.2, 0) is 0 Å². The van der Waals surface area contributed by atoms with Crippen molar-refractivity contribution in [2.75, 3.05) is 0 Å². The second-order valence-corrected chi connectivity index (χ2v) is 4.87. The molecule has 0 amide bonds. The summed E-state index contributed by atoms with van der Waals surface area (Å²) in [6.07, 6.45) is 11.1. The van der Waals surface area contributed by atoms with Crippen molar-refractivity contribution in [2.24, 2.45) is 22.9 Å². The summed E-state index contributed by atoms with van der Waals surface area (Å²) in [5.41, 5.74) is 22.3. The molecule has 1 atom stereocenters. The van der Waals surface area contributed by atoms with E-state index in [1.807, 2.05) is 0 Å². The maximum absolute atomic E-state index is 5.76. The molecule has 0 saturated heterocycles. The fraction of sp³-hybridized carbons (Fsp3) is 1.00. The van der Waals surface area contributed by atoms with Crippen molar-refractivity contribution in [1.29, 1.82) is 0 Å². The summed E-state index contributed by atoms with van der Waals surface area (Å²) in [6.45, 7) is 2.24. The van der Waals surface area contributed by atoms with Gasteiger partial charge in [-0.2, -0.15) is 0 Å². The third-order valence-electron chi connectivity index (χ3n) is 3.01. The standard InChI is InChI=1S/C12H30N4/c1-2-3-4-5-6-7-8-9-10-11(13)12(14,15)16/h11H,2-10,13-16H2,1H3. The van der Waals surface area contributed by atoms with Crippen LogP contribution in [0.15, 0.2) is 0 Å². The molecular formula is C12H30N4. The Labute approximate surface area is 100 Å². The Bertz CT molecular complexity index is 154. The molecule has 0 bridgehead atoms. The van der Waals surface area contributed by atoms with E-state index in [-0.39, 0.29) is 6.04 Å². The van der Waals surface area contributed by atoms with Gasteiger partial charge >= 0.3 is 0 Å². The highest BCUT2D eigenvalue weighted by atomic mass is 15.2. The Hall–Kier alpha value is -0.160. The van der Waals surface area contributed by atoms with E-state index in [2.05, 4.69) is 6.92 Å². The van der Waals surface area contributed by atoms with Gasteiger partial charge in [-0.3, -0.25) is 17.2 Å². The first kappa shape index (κ1) is 15.8. The largest absolute Gasteiger partial charge is 0.324 e. The van der Waals surface area contributed by atoms with Gasteiger partial charge in [0.05, 0.1) is 0 Å². The molecule has 16 heavy (non-hydrogen) atoms. The van der Waals surface area contributed by atoms with E-state index in [1.54, 1.807) is 0 Å². The Morgan fingerprint density at radius 2 is 1.25 bits per heavy atom. The molecule has 4 nitrogen and oxygen atoms in total. The zero-order chi connectivity index (χ0) is 12.4. The van der Waals surface area contributed by atoms with E-state index in [0.29, 0.717) is 0 Å². The molecule has 0 spiro atoms. The highest BCUT2D eigenvalue weighted by Gasteiger charge is 2.21. The highest BCUT2D eigenvalue weighted by Crippen LogP contribution is 2.10. The molecule has 0 rings (SSSR count). The van der Waals surface area contributed by atoms with Crippen LogP contribution in [0.25, 0.3) is 0 Å². The molecule has 0 aromatic carbocycles. The van der Waals surface area contributed by atoms with Crippen LogP contribution in [-0.4, -0.2) is 11.8 Å². The second kappa shape index (κ2) is 8.93. The van der Waals surface area contributed by atoms with Crippen LogP contribution < -0.4 is 22.9 Å². The van der Waals surface area contributed by atoms with Crippen molar-refractivity contribution < 1.29 is 0 Å². The molecule has 0 aromatic heterocycles. The lowest BCUT2D eigenvalue weighted by molar-refractivity contribution is 0.341. The van der Waals surface area contributed by atoms with E-state index in [1.165, 1.54) is 44.9 Å². The quantitative estimate of drug-likeness (QED) is 0.336. The van der Waals surface area contributed by atoms with E-state index in [4.69, 9.17) is 22.9 Å². The van der Waals surface area contributed by atoms with Gasteiger partial charge in [0.15, 0.2) is 0 Å². The lowest BCUT2D eigenvalue weighted by Crippen LogP contribution is -2.68. The fourth-order valence-electron chi connectivity index (χ4n) is 1.75. The van der Waals surface area contributed by atoms with Crippen LogP contribution in [0.5, 0.6) is 0 Å². The molecule has 0 fully saturated rings. The molecule has 0 aliphatic heterocycles. The first-order chi connectivity index (χ1) is 7.48. The average Bonchev–Trinajstić information content (AvgIpc) is 2.20. The van der Waals surface area contributed by atoms with Gasteiger partial charge in [-0.1, -0.05) is 58.3 Å². The van der Waals surface area contributed by atoms with Gasteiger partial charge in [0.25, 0.3) is 0 Å². The number of nitrogens with two attached hydrogens (primary N) is 4. The van der Waals surface area contributed by atoms with Gasteiger partial charge in [-0.05, 0) is 6.42 Å². The van der Waals surface area contributed by atoms with E-state index in [9.17, 15) is 0 Å². The van der Waals surface area contributed by atoms with Gasteiger partial charge < -0.3 is 5.73 Å². The predicted octanol–water partition coefficient (Wildman–Crippen LogP) is 1.37. The minimum Gasteiger partial charge on any atom is -0.324 e. The molecule has 0 aromatic rings. The SMILES string of the molecule is CCCCCCCCCCC(N)C(N)(N)N. The maximum Gasteiger partial charge on any atom is 0.131 e. The highest BCUT2D eigenvalue weighted by molar-refractivity contribution is 4.81. The smallest absolute Gasteiger partial charge is 0.131 e. The molecule has 0 heterocycles. The van der Waals surface area contributed by atoms with Crippen LogP contribution in [0.2, 0.25) is 0 Å². The number of rotatable bonds is 10. The van der Waals surface area contributed by atoms with Crippen LogP contribution in [0.4, 0.5) is 0 Å². The zero-order valence-corrected chi connectivity index (χ0v) is 10.8. The summed E-state index contributed by atoms with van der Waals surface area (Å²) in [7, 11) is 0. The first-order valence-electron chi connectivity index (χ1n) is 6.60. The van der Waals surface area contributed by atoms with Crippen molar-refractivity contribution in [1.82, 2.24) is 0 Å². The first-order valence-corrected chi connectivity index (χ1v) is 6.60. The minimum atomic E-state index is -1.22. The molecule has 98 valence electrons. The predicted molar refractivity (Wildman–Crippen MR) is 70.5 cm³/mol. The molecule has 1 unspecified atom stereocenters. The van der Waals surface area contributed by atoms with Crippen molar-refractivity contribution in [3.05, 3.63) is 0 Å². The summed E-state index contributed by atoms with van der Waals surface area (Å²) in [6, 6.07) is -0.299. The monoisotopic (exact) mass is 230 g/mol. The Balaban J connectivity index is 3.21. The van der Waals surface area contributed by atoms with E-state index >= 15 is 0 Å². The molecule has 4 heteroatoms. The Kier molecular flexibility index (Phi) is 8.84. The molecule has 0 radical (unpaired) electrons. The summed E-state index contributed by atoms with van der Waals surface area (Å²) >= 11 is 0. The average molecular weight is 230 g/mol. The summed E-state index contributed by atoms with van der Waals surface area (Å²) < 4.78 is 0. The number of unbranched alkanes of at least 4 members (excludes halogenated alkanes) is 7. The number of hydrogen-bond acceptors (Lipinski definition) is 4. The van der Waals surface area contributed by atoms with E-state index in [0.717, 1.165) is 12.8 Å². The maximum atomic E-state index is 5.76. The van der Waals surface area contributed by atoms with Crippen molar-refractivity contribution in [2.45, 2.75) is 76.5 Å². The summed E-state index contributed by atoms with van der Waals surface area (Å²) in [4.78, 5) is 0. The van der Waals surface area contributed by atoms with Gasteiger partial charge in [-0.25, -0.2) is 0 Å². The Morgan fingerprint density at radius 1 is 0.812 bits per heavy atom. The molecular weight excluding hydrogens is 200 g/mol. The van der Waals surface area contributed by atoms with Crippen LogP contribution in [0, 0.1) is 0 Å². The minimum absolute atomic E-state index is 0.299. The zero-order valence-electron chi connectivity index (χ0n) is 10.8. The van der Waals surface area contributed by atoms with Gasteiger partial charge in [0, 0.05) is 6.04 Å². The summed E-state index contributed by atoms with van der Waals surface area (Å²) in [5, 5.41) is 0. The van der Waals surface area contributed by atoms with Crippen LogP contribution in [0.3, 0.4) is 0 Å². The number of hydrogen-bond donors (Lipinski definition) is 4. The molecule has 8 N–H and O–H groups in total. The van der Waals surface area contributed by atoms with Gasteiger partial charge in [0.1, 0.15) is 5.79 Å². The Morgan fingerprint density at radius 3 is 1.69 bits per heavy atom.